The zero-order valence-electron chi connectivity index (χ0n) is 20.9. The Bertz CT molecular complexity index is 1670. The lowest BCUT2D eigenvalue weighted by Crippen LogP contribution is -1.83. The Morgan fingerprint density at radius 3 is 1.18 bits per heavy atom. The topological polar surface area (TPSA) is 34.1 Å². The van der Waals surface area contributed by atoms with Crippen LogP contribution in [0.15, 0.2) is 107 Å². The highest BCUT2D eigenvalue weighted by Gasteiger charge is 2.03. The zero-order valence-corrected chi connectivity index (χ0v) is 22.5. The molecule has 0 amide bonds. The fourth-order valence-corrected chi connectivity index (χ4v) is 5.27. The van der Waals surface area contributed by atoms with Gasteiger partial charge in [0.1, 0.15) is 0 Å². The molecule has 0 aliphatic rings. The SMILES string of the molecule is CC(=O)Sc1ccc(C#Cc2ccc3c(ccc4cc(C#Cc5ccc(SC(C)=O)cc5)ccc43)c2)cc1. The summed E-state index contributed by atoms with van der Waals surface area (Å²) in [6.45, 7) is 3.13. The summed E-state index contributed by atoms with van der Waals surface area (Å²) in [5, 5.41) is 4.78. The molecule has 0 aromatic heterocycles. The van der Waals surface area contributed by atoms with Gasteiger partial charge in [-0.15, -0.1) is 0 Å². The van der Waals surface area contributed by atoms with Gasteiger partial charge in [0, 0.05) is 45.9 Å². The van der Waals surface area contributed by atoms with Crippen molar-refractivity contribution in [3.05, 3.63) is 119 Å². The molecule has 0 atom stereocenters. The first-order chi connectivity index (χ1) is 18.4. The molecule has 0 bridgehead atoms. The first kappa shape index (κ1) is 25.4. The lowest BCUT2D eigenvalue weighted by Gasteiger charge is -2.05. The van der Waals surface area contributed by atoms with Crippen molar-refractivity contribution in [1.29, 1.82) is 0 Å². The molecule has 0 spiro atoms. The van der Waals surface area contributed by atoms with Crippen molar-refractivity contribution in [1.82, 2.24) is 0 Å². The number of hydrogen-bond acceptors (Lipinski definition) is 4. The molecule has 2 nitrogen and oxygen atoms in total. The summed E-state index contributed by atoms with van der Waals surface area (Å²) in [6, 6.07) is 32.3. The monoisotopic (exact) mass is 526 g/mol. The van der Waals surface area contributed by atoms with Crippen LogP contribution in [0.5, 0.6) is 0 Å². The van der Waals surface area contributed by atoms with Gasteiger partial charge in [-0.2, -0.15) is 0 Å². The van der Waals surface area contributed by atoms with Crippen LogP contribution in [0.3, 0.4) is 0 Å². The molecule has 0 unspecified atom stereocenters. The summed E-state index contributed by atoms with van der Waals surface area (Å²) < 4.78 is 0. The lowest BCUT2D eigenvalue weighted by atomic mass is 9.98. The summed E-state index contributed by atoms with van der Waals surface area (Å²) in [7, 11) is 0. The third-order valence-corrected chi connectivity index (χ3v) is 7.36. The van der Waals surface area contributed by atoms with Crippen molar-refractivity contribution in [2.24, 2.45) is 0 Å². The molecule has 0 radical (unpaired) electrons. The third kappa shape index (κ3) is 6.36. The Morgan fingerprint density at radius 2 is 0.816 bits per heavy atom. The molecule has 38 heavy (non-hydrogen) atoms. The summed E-state index contributed by atoms with van der Waals surface area (Å²) in [5.41, 5.74) is 3.73. The molecule has 0 N–H and O–H groups in total. The minimum atomic E-state index is 0.0736. The van der Waals surface area contributed by atoms with Gasteiger partial charge in [0.05, 0.1) is 0 Å². The van der Waals surface area contributed by atoms with Gasteiger partial charge in [-0.25, -0.2) is 0 Å². The van der Waals surface area contributed by atoms with E-state index in [1.54, 1.807) is 13.8 Å². The third-order valence-electron chi connectivity index (χ3n) is 5.77. The molecule has 0 saturated carbocycles. The molecule has 5 aromatic rings. The second-order valence-corrected chi connectivity index (χ2v) is 11.2. The van der Waals surface area contributed by atoms with Crippen LogP contribution >= 0.6 is 23.5 Å². The number of carbonyl (C=O) groups excluding carboxylic acids is 2. The normalized spacial score (nSPS) is 10.4. The maximum Gasteiger partial charge on any atom is 0.190 e. The van der Waals surface area contributed by atoms with Gasteiger partial charge in [0.25, 0.3) is 0 Å². The van der Waals surface area contributed by atoms with Crippen LogP contribution in [0.2, 0.25) is 0 Å². The van der Waals surface area contributed by atoms with E-state index in [-0.39, 0.29) is 10.2 Å². The van der Waals surface area contributed by atoms with Crippen molar-refractivity contribution in [2.75, 3.05) is 0 Å². The standard InChI is InChI=1S/C34H22O2S2/c1-23(35)37-31-15-7-25(8-16-31)3-5-27-11-19-33-29(21-27)13-14-30-22-28(12-20-34(30)33)6-4-26-9-17-32(18-10-26)38-24(2)36/h7-22H,1-2H3. The first-order valence-electron chi connectivity index (χ1n) is 12.0. The molecular formula is C34H22O2S2. The average Bonchev–Trinajstić information content (AvgIpc) is 2.91. The molecular weight excluding hydrogens is 505 g/mol. The van der Waals surface area contributed by atoms with Gasteiger partial charge < -0.3 is 0 Å². The van der Waals surface area contributed by atoms with Gasteiger partial charge in [-0.3, -0.25) is 9.59 Å². The lowest BCUT2D eigenvalue weighted by molar-refractivity contribution is -0.109. The predicted octanol–water partition coefficient (Wildman–Crippen LogP) is 8.07. The van der Waals surface area contributed by atoms with Gasteiger partial charge in [-0.05, 0) is 94.3 Å². The molecule has 0 saturated heterocycles. The quantitative estimate of drug-likeness (QED) is 0.132. The number of hydrogen-bond donors (Lipinski definition) is 0. The van der Waals surface area contributed by atoms with Gasteiger partial charge in [0.2, 0.25) is 0 Å². The highest BCUT2D eigenvalue weighted by molar-refractivity contribution is 8.13. The Hall–Kier alpha value is -4.22. The van der Waals surface area contributed by atoms with E-state index in [2.05, 4.69) is 72.2 Å². The van der Waals surface area contributed by atoms with E-state index in [9.17, 15) is 9.59 Å². The number of carbonyl (C=O) groups is 2. The Morgan fingerprint density at radius 1 is 0.474 bits per heavy atom. The van der Waals surface area contributed by atoms with Crippen LogP contribution in [0.4, 0.5) is 0 Å². The van der Waals surface area contributed by atoms with E-state index in [0.717, 1.165) is 42.8 Å². The number of fused-ring (bicyclic) bond motifs is 3. The van der Waals surface area contributed by atoms with Gasteiger partial charge in [-0.1, -0.05) is 71.5 Å². The Balaban J connectivity index is 1.36. The molecule has 5 aromatic carbocycles. The number of rotatable bonds is 2. The van der Waals surface area contributed by atoms with Crippen LogP contribution in [0.1, 0.15) is 36.1 Å². The van der Waals surface area contributed by atoms with E-state index < -0.39 is 0 Å². The number of benzene rings is 5. The highest BCUT2D eigenvalue weighted by Crippen LogP contribution is 2.27. The van der Waals surface area contributed by atoms with Crippen LogP contribution in [0, 0.1) is 23.7 Å². The minimum Gasteiger partial charge on any atom is -0.287 e. The molecule has 0 fully saturated rings. The van der Waals surface area contributed by atoms with Crippen LogP contribution < -0.4 is 0 Å². The molecule has 5 rings (SSSR count). The van der Waals surface area contributed by atoms with Crippen molar-refractivity contribution < 1.29 is 9.59 Å². The summed E-state index contributed by atoms with van der Waals surface area (Å²) >= 11 is 2.45. The fraction of sp³-hybridized carbons (Fsp3) is 0.0588. The van der Waals surface area contributed by atoms with Crippen molar-refractivity contribution >= 4 is 55.3 Å². The predicted molar refractivity (Wildman–Crippen MR) is 159 cm³/mol. The summed E-state index contributed by atoms with van der Waals surface area (Å²) in [4.78, 5) is 24.4. The maximum atomic E-state index is 11.3. The molecule has 0 aliphatic carbocycles. The summed E-state index contributed by atoms with van der Waals surface area (Å²) in [6.07, 6.45) is 0. The summed E-state index contributed by atoms with van der Waals surface area (Å²) in [5.74, 6) is 12.9. The van der Waals surface area contributed by atoms with E-state index in [0.29, 0.717) is 0 Å². The van der Waals surface area contributed by atoms with E-state index in [1.165, 1.54) is 34.3 Å². The average molecular weight is 527 g/mol. The van der Waals surface area contributed by atoms with Crippen molar-refractivity contribution in [3.63, 3.8) is 0 Å². The second-order valence-electron chi connectivity index (χ2n) is 8.67. The maximum absolute atomic E-state index is 11.3. The van der Waals surface area contributed by atoms with E-state index in [4.69, 9.17) is 0 Å². The van der Waals surface area contributed by atoms with Crippen molar-refractivity contribution in [2.45, 2.75) is 23.6 Å². The van der Waals surface area contributed by atoms with Crippen LogP contribution in [-0.2, 0) is 9.59 Å². The van der Waals surface area contributed by atoms with E-state index in [1.807, 2.05) is 48.5 Å². The molecule has 0 aliphatic heterocycles. The molecule has 0 heterocycles. The fourth-order valence-electron chi connectivity index (χ4n) is 4.06. The number of thioether (sulfide) groups is 2. The molecule has 4 heteroatoms. The first-order valence-corrected chi connectivity index (χ1v) is 13.6. The zero-order chi connectivity index (χ0) is 26.5. The Kier molecular flexibility index (Phi) is 7.66. The Labute approximate surface area is 230 Å². The van der Waals surface area contributed by atoms with Crippen LogP contribution in [0.25, 0.3) is 21.5 Å². The van der Waals surface area contributed by atoms with Gasteiger partial charge >= 0.3 is 0 Å². The van der Waals surface area contributed by atoms with Crippen molar-refractivity contribution in [3.8, 4) is 23.7 Å². The largest absolute Gasteiger partial charge is 0.287 e. The minimum absolute atomic E-state index is 0.0736. The van der Waals surface area contributed by atoms with Gasteiger partial charge in [0.15, 0.2) is 10.2 Å². The second kappa shape index (κ2) is 11.4. The van der Waals surface area contributed by atoms with Crippen LogP contribution in [-0.4, -0.2) is 10.2 Å². The highest BCUT2D eigenvalue weighted by atomic mass is 32.2. The van der Waals surface area contributed by atoms with E-state index >= 15 is 0 Å². The smallest absolute Gasteiger partial charge is 0.190 e. The molecule has 182 valence electrons.